The second-order valence-corrected chi connectivity index (χ2v) is 6.33. The number of carbonyl (C=O) groups excluding carboxylic acids is 1. The fraction of sp³-hybridized carbons (Fsp3) is 0.529. The smallest absolute Gasteiger partial charge is 0.326 e. The largest absolute Gasteiger partial charge is 0.480 e. The SMILES string of the molecule is CN[C@]1(Cc2ccccc2)CC[C@H]2CC[C@@H](C(=O)O)N2C1=O. The predicted molar refractivity (Wildman–Crippen MR) is 82.5 cm³/mol. The molecule has 5 nitrogen and oxygen atoms in total. The maximum Gasteiger partial charge on any atom is 0.326 e. The van der Waals surface area contributed by atoms with E-state index in [1.54, 1.807) is 11.9 Å². The molecule has 1 amide bonds. The van der Waals surface area contributed by atoms with Crippen molar-refractivity contribution in [1.82, 2.24) is 10.2 Å². The number of amides is 1. The van der Waals surface area contributed by atoms with Crippen LogP contribution in [0.15, 0.2) is 30.3 Å². The number of nitrogens with one attached hydrogen (secondary N) is 1. The van der Waals surface area contributed by atoms with E-state index in [9.17, 15) is 14.7 Å². The molecule has 1 aromatic rings. The monoisotopic (exact) mass is 302 g/mol. The quantitative estimate of drug-likeness (QED) is 0.882. The van der Waals surface area contributed by atoms with Crippen molar-refractivity contribution in [2.75, 3.05) is 7.05 Å². The van der Waals surface area contributed by atoms with E-state index in [1.807, 2.05) is 30.3 Å². The van der Waals surface area contributed by atoms with E-state index in [-0.39, 0.29) is 11.9 Å². The van der Waals surface area contributed by atoms with Crippen LogP contribution in [0.1, 0.15) is 31.2 Å². The molecular weight excluding hydrogens is 280 g/mol. The summed E-state index contributed by atoms with van der Waals surface area (Å²) in [6, 6.07) is 9.32. The molecule has 0 aromatic heterocycles. The molecule has 2 aliphatic heterocycles. The fourth-order valence-corrected chi connectivity index (χ4v) is 3.91. The maximum atomic E-state index is 13.1. The van der Waals surface area contributed by atoms with Crippen molar-refractivity contribution in [3.05, 3.63) is 35.9 Å². The number of hydrogen-bond donors (Lipinski definition) is 2. The minimum absolute atomic E-state index is 0.0556. The second-order valence-electron chi connectivity index (χ2n) is 6.33. The van der Waals surface area contributed by atoms with Gasteiger partial charge in [0.2, 0.25) is 5.91 Å². The Kier molecular flexibility index (Phi) is 3.91. The molecule has 2 N–H and O–H groups in total. The number of aliphatic carboxylic acids is 1. The third-order valence-corrected chi connectivity index (χ3v) is 5.16. The first-order chi connectivity index (χ1) is 10.6. The molecule has 5 heteroatoms. The number of carboxylic acid groups (broad SMARTS) is 1. The lowest BCUT2D eigenvalue weighted by molar-refractivity contribution is -0.155. The van der Waals surface area contributed by atoms with Gasteiger partial charge < -0.3 is 15.3 Å². The summed E-state index contributed by atoms with van der Waals surface area (Å²) in [7, 11) is 1.80. The zero-order valence-corrected chi connectivity index (χ0v) is 12.8. The number of hydrogen-bond acceptors (Lipinski definition) is 3. The fourth-order valence-electron chi connectivity index (χ4n) is 3.91. The van der Waals surface area contributed by atoms with E-state index in [4.69, 9.17) is 0 Å². The van der Waals surface area contributed by atoms with Crippen LogP contribution in [0.4, 0.5) is 0 Å². The van der Waals surface area contributed by atoms with Gasteiger partial charge in [0.05, 0.1) is 0 Å². The summed E-state index contributed by atoms with van der Waals surface area (Å²) in [4.78, 5) is 26.2. The Morgan fingerprint density at radius 1 is 1.32 bits per heavy atom. The summed E-state index contributed by atoms with van der Waals surface area (Å²) in [5, 5.41) is 12.6. The highest BCUT2D eigenvalue weighted by atomic mass is 16.4. The number of fused-ring (bicyclic) bond motifs is 1. The Hall–Kier alpha value is -1.88. The van der Waals surface area contributed by atoms with Crippen molar-refractivity contribution in [3.8, 4) is 0 Å². The molecule has 0 radical (unpaired) electrons. The zero-order chi connectivity index (χ0) is 15.7. The highest BCUT2D eigenvalue weighted by Crippen LogP contribution is 2.38. The van der Waals surface area contributed by atoms with Gasteiger partial charge in [-0.2, -0.15) is 0 Å². The molecule has 0 bridgehead atoms. The van der Waals surface area contributed by atoms with Gasteiger partial charge in [-0.25, -0.2) is 4.79 Å². The lowest BCUT2D eigenvalue weighted by atomic mass is 9.80. The first-order valence-corrected chi connectivity index (χ1v) is 7.86. The van der Waals surface area contributed by atoms with Crippen LogP contribution in [0.3, 0.4) is 0 Å². The highest BCUT2D eigenvalue weighted by Gasteiger charge is 2.52. The molecule has 0 aliphatic carbocycles. The van der Waals surface area contributed by atoms with Crippen molar-refractivity contribution in [2.24, 2.45) is 0 Å². The Morgan fingerprint density at radius 2 is 2.05 bits per heavy atom. The lowest BCUT2D eigenvalue weighted by Crippen LogP contribution is -2.65. The van der Waals surface area contributed by atoms with Crippen LogP contribution in [-0.4, -0.2) is 46.6 Å². The minimum atomic E-state index is -0.887. The predicted octanol–water partition coefficient (Wildman–Crippen LogP) is 1.43. The van der Waals surface area contributed by atoms with E-state index < -0.39 is 17.6 Å². The summed E-state index contributed by atoms with van der Waals surface area (Å²) in [5.41, 5.74) is 0.408. The third-order valence-electron chi connectivity index (χ3n) is 5.16. The van der Waals surface area contributed by atoms with E-state index in [1.165, 1.54) is 0 Å². The summed E-state index contributed by atoms with van der Waals surface area (Å²) in [6.45, 7) is 0. The van der Waals surface area contributed by atoms with Crippen LogP contribution in [0, 0.1) is 0 Å². The number of benzene rings is 1. The molecule has 0 unspecified atom stereocenters. The van der Waals surface area contributed by atoms with E-state index in [0.29, 0.717) is 12.8 Å². The second kappa shape index (κ2) is 5.72. The van der Waals surface area contributed by atoms with Crippen molar-refractivity contribution in [3.63, 3.8) is 0 Å². The van der Waals surface area contributed by atoms with Gasteiger partial charge in [0.1, 0.15) is 11.6 Å². The average Bonchev–Trinajstić information content (AvgIpc) is 2.96. The van der Waals surface area contributed by atoms with Crippen molar-refractivity contribution < 1.29 is 14.7 Å². The molecule has 2 saturated heterocycles. The molecule has 22 heavy (non-hydrogen) atoms. The number of nitrogens with zero attached hydrogens (tertiary/aromatic N) is 1. The van der Waals surface area contributed by atoms with Crippen molar-refractivity contribution >= 4 is 11.9 Å². The molecular formula is C17H22N2O3. The van der Waals surface area contributed by atoms with Crippen LogP contribution < -0.4 is 5.32 Å². The van der Waals surface area contributed by atoms with Crippen LogP contribution in [-0.2, 0) is 16.0 Å². The first kappa shape index (κ1) is 15.0. The van der Waals surface area contributed by atoms with Crippen LogP contribution in [0.2, 0.25) is 0 Å². The molecule has 118 valence electrons. The summed E-state index contributed by atoms with van der Waals surface area (Å²) in [5.74, 6) is -0.942. The Morgan fingerprint density at radius 3 is 2.68 bits per heavy atom. The summed E-state index contributed by atoms with van der Waals surface area (Å²) in [6.07, 6.45) is 3.58. The standard InChI is InChI=1S/C17H22N2O3/c1-18-17(11-12-5-3-2-4-6-12)10-9-13-7-8-14(15(20)21)19(13)16(17)22/h2-6,13-14,18H,7-11H2,1H3,(H,20,21)/t13-,14+,17+/m1/s1. The highest BCUT2D eigenvalue weighted by molar-refractivity contribution is 5.92. The molecule has 1 aromatic carbocycles. The zero-order valence-electron chi connectivity index (χ0n) is 12.8. The first-order valence-electron chi connectivity index (χ1n) is 7.86. The van der Waals surface area contributed by atoms with Gasteiger partial charge in [-0.15, -0.1) is 0 Å². The molecule has 2 aliphatic rings. The summed E-state index contributed by atoms with van der Waals surface area (Å²) >= 11 is 0. The molecule has 0 spiro atoms. The van der Waals surface area contributed by atoms with Crippen LogP contribution in [0.25, 0.3) is 0 Å². The topological polar surface area (TPSA) is 69.6 Å². The van der Waals surface area contributed by atoms with Gasteiger partial charge in [0.25, 0.3) is 0 Å². The van der Waals surface area contributed by atoms with Gasteiger partial charge in [0, 0.05) is 6.04 Å². The number of piperidine rings is 1. The van der Waals surface area contributed by atoms with E-state index in [0.717, 1.165) is 24.8 Å². The van der Waals surface area contributed by atoms with Crippen molar-refractivity contribution in [1.29, 1.82) is 0 Å². The number of carbonyl (C=O) groups is 2. The Balaban J connectivity index is 1.89. The normalized spacial score (nSPS) is 31.1. The molecule has 3 atom stereocenters. The van der Waals surface area contributed by atoms with Crippen LogP contribution >= 0.6 is 0 Å². The number of rotatable bonds is 4. The van der Waals surface area contributed by atoms with Gasteiger partial charge in [-0.05, 0) is 44.7 Å². The van der Waals surface area contributed by atoms with Gasteiger partial charge in [-0.3, -0.25) is 4.79 Å². The van der Waals surface area contributed by atoms with Crippen LogP contribution in [0.5, 0.6) is 0 Å². The van der Waals surface area contributed by atoms with E-state index in [2.05, 4.69) is 5.32 Å². The summed E-state index contributed by atoms with van der Waals surface area (Å²) < 4.78 is 0. The number of carboxylic acids is 1. The minimum Gasteiger partial charge on any atom is -0.480 e. The molecule has 2 fully saturated rings. The Bertz CT molecular complexity index is 575. The third kappa shape index (κ3) is 2.39. The molecule has 0 saturated carbocycles. The molecule has 2 heterocycles. The Labute approximate surface area is 130 Å². The van der Waals surface area contributed by atoms with E-state index >= 15 is 0 Å². The van der Waals surface area contributed by atoms with Gasteiger partial charge in [0.15, 0.2) is 0 Å². The number of likely N-dealkylation sites (N-methyl/N-ethyl adjacent to an activating group) is 1. The molecule has 3 rings (SSSR count). The van der Waals surface area contributed by atoms with Gasteiger partial charge in [-0.1, -0.05) is 30.3 Å². The van der Waals surface area contributed by atoms with Gasteiger partial charge >= 0.3 is 5.97 Å². The lowest BCUT2D eigenvalue weighted by Gasteiger charge is -2.44. The van der Waals surface area contributed by atoms with Crippen molar-refractivity contribution in [2.45, 2.75) is 49.7 Å². The maximum absolute atomic E-state index is 13.1. The average molecular weight is 302 g/mol.